The van der Waals surface area contributed by atoms with Crippen LogP contribution >= 0.6 is 0 Å². The van der Waals surface area contributed by atoms with Crippen molar-refractivity contribution in [2.45, 2.75) is 369 Å². The number of hydrogen-bond acceptors (Lipinski definition) is 25. The summed E-state index contributed by atoms with van der Waals surface area (Å²) in [7, 11) is 0. The van der Waals surface area contributed by atoms with Crippen molar-refractivity contribution in [2.75, 3.05) is 6.61 Å². The van der Waals surface area contributed by atoms with Gasteiger partial charge in [0.15, 0.2) is 49.8 Å². The summed E-state index contributed by atoms with van der Waals surface area (Å²) >= 11 is 0. The van der Waals surface area contributed by atoms with Gasteiger partial charge in [0, 0.05) is 12.8 Å². The maximum absolute atomic E-state index is 14.3. The molecule has 6 fully saturated rings. The lowest BCUT2D eigenvalue weighted by Crippen LogP contribution is -2.68. The summed E-state index contributed by atoms with van der Waals surface area (Å²) in [5.74, 6) is -2.66. The molecule has 0 spiro atoms. The van der Waals surface area contributed by atoms with Crippen LogP contribution in [0.15, 0.2) is 0 Å². The molecule has 6 saturated heterocycles. The average Bonchev–Trinajstić information content (AvgIpc) is 3.71. The topological polar surface area (TPSA) is 353 Å². The van der Waals surface area contributed by atoms with Crippen LogP contribution in [0.5, 0.6) is 0 Å². The lowest BCUT2D eigenvalue weighted by Gasteiger charge is -2.51. The van der Waals surface area contributed by atoms with Crippen molar-refractivity contribution in [1.82, 2.24) is 0 Å². The molecule has 25 heteroatoms. The van der Waals surface area contributed by atoms with Gasteiger partial charge in [0.05, 0.1) is 43.0 Å². The van der Waals surface area contributed by atoms with Crippen LogP contribution in [0.25, 0.3) is 0 Å². The Hall–Kier alpha value is -2.35. The Morgan fingerprint density at radius 3 is 1.70 bits per heavy atom. The monoisotopic (exact) mass is 1270 g/mol. The Balaban J connectivity index is 1.35. The number of fused-ring (bicyclic) bond motifs is 2. The molecule has 88 heavy (non-hydrogen) atoms. The van der Waals surface area contributed by atoms with E-state index in [4.69, 9.17) is 61.6 Å². The summed E-state index contributed by atoms with van der Waals surface area (Å²) in [4.78, 5) is 41.2. The van der Waals surface area contributed by atoms with Gasteiger partial charge in [-0.1, -0.05) is 137 Å². The summed E-state index contributed by atoms with van der Waals surface area (Å²) in [5.41, 5.74) is 0. The number of hydrogen-bond donors (Lipinski definition) is 9. The van der Waals surface area contributed by atoms with E-state index < -0.39 is 184 Å². The Bertz CT molecular complexity index is 2010. The first-order valence-corrected chi connectivity index (χ1v) is 33.3. The van der Waals surface area contributed by atoms with Crippen molar-refractivity contribution in [1.29, 1.82) is 0 Å². The van der Waals surface area contributed by atoms with E-state index in [2.05, 4.69) is 13.8 Å². The van der Waals surface area contributed by atoms with E-state index in [1.807, 2.05) is 0 Å². The van der Waals surface area contributed by atoms with Crippen molar-refractivity contribution in [2.24, 2.45) is 5.92 Å². The molecule has 27 unspecified atom stereocenters. The fraction of sp³-hybridized carbons (Fsp3) is 0.952. The van der Waals surface area contributed by atoms with Gasteiger partial charge < -0.3 is 108 Å². The van der Waals surface area contributed by atoms with Gasteiger partial charge in [0.2, 0.25) is 0 Å². The standard InChI is InChI=1S/C63H110O25/c1-9-12-14-15-16-17-20-23-28-32-42(66)83-57-56(88-60-48(72)45(69)44(68)40(33-64)81-60)53(86-59-49(73)47(71)51(36(6)77-59)84-58(75)34(4)11-3)38(8)79-63(57)85-52-37(7)78-62-55(50(52)74)82-41(65)31-27-24-21-18-19-22-26-30-39(29-25-13-10-2)80-61-54(87-62)46(70)43(67)35(5)76-61/h34-40,43-57,59-64,67-74H,9-33H2,1-8H3. The van der Waals surface area contributed by atoms with E-state index in [9.17, 15) is 60.3 Å². The maximum Gasteiger partial charge on any atom is 0.309 e. The average molecular weight is 1270 g/mol. The smallest absolute Gasteiger partial charge is 0.309 e. The molecule has 0 saturated carbocycles. The minimum absolute atomic E-state index is 0.0364. The molecule has 0 aromatic rings. The molecular weight excluding hydrogens is 1160 g/mol. The van der Waals surface area contributed by atoms with Gasteiger partial charge >= 0.3 is 17.9 Å². The zero-order valence-electron chi connectivity index (χ0n) is 53.3. The van der Waals surface area contributed by atoms with Gasteiger partial charge in [-0.15, -0.1) is 0 Å². The van der Waals surface area contributed by atoms with Crippen LogP contribution in [0.4, 0.5) is 0 Å². The molecular formula is C63H110O25. The molecule has 27 atom stereocenters. The van der Waals surface area contributed by atoms with E-state index in [0.717, 1.165) is 103 Å². The molecule has 9 N–H and O–H groups in total. The van der Waals surface area contributed by atoms with Crippen LogP contribution in [0.2, 0.25) is 0 Å². The second kappa shape index (κ2) is 37.5. The van der Waals surface area contributed by atoms with Crippen LogP contribution < -0.4 is 0 Å². The summed E-state index contributed by atoms with van der Waals surface area (Å²) in [5, 5.41) is 102. The lowest BCUT2D eigenvalue weighted by molar-refractivity contribution is -0.400. The van der Waals surface area contributed by atoms with E-state index in [0.29, 0.717) is 38.5 Å². The molecule has 0 bridgehead atoms. The first kappa shape index (κ1) is 74.7. The Kier molecular flexibility index (Phi) is 31.8. The third-order valence-corrected chi connectivity index (χ3v) is 18.2. The van der Waals surface area contributed by atoms with Gasteiger partial charge in [0.25, 0.3) is 0 Å². The molecule has 6 rings (SSSR count). The van der Waals surface area contributed by atoms with Crippen molar-refractivity contribution >= 4 is 17.9 Å². The summed E-state index contributed by atoms with van der Waals surface area (Å²) in [6.07, 6.45) is -21.0. The van der Waals surface area contributed by atoms with Crippen LogP contribution in [0.1, 0.15) is 209 Å². The third-order valence-electron chi connectivity index (χ3n) is 18.2. The van der Waals surface area contributed by atoms with E-state index in [-0.39, 0.29) is 18.9 Å². The van der Waals surface area contributed by atoms with E-state index in [1.165, 1.54) is 20.8 Å². The van der Waals surface area contributed by atoms with Crippen LogP contribution in [0, 0.1) is 5.92 Å². The van der Waals surface area contributed by atoms with Crippen molar-refractivity contribution in [3.63, 3.8) is 0 Å². The van der Waals surface area contributed by atoms with Gasteiger partial charge in [-0.2, -0.15) is 0 Å². The Morgan fingerprint density at radius 1 is 0.489 bits per heavy atom. The molecule has 0 aromatic heterocycles. The van der Waals surface area contributed by atoms with Gasteiger partial charge in [-0.3, -0.25) is 14.4 Å². The number of rotatable bonds is 25. The summed E-state index contributed by atoms with van der Waals surface area (Å²) in [6, 6.07) is 0. The predicted octanol–water partition coefficient (Wildman–Crippen LogP) is 4.30. The predicted molar refractivity (Wildman–Crippen MR) is 312 cm³/mol. The van der Waals surface area contributed by atoms with Crippen LogP contribution in [0.3, 0.4) is 0 Å². The number of aliphatic hydroxyl groups excluding tert-OH is 9. The second-order valence-electron chi connectivity index (χ2n) is 25.4. The highest BCUT2D eigenvalue weighted by molar-refractivity contribution is 5.72. The fourth-order valence-electron chi connectivity index (χ4n) is 12.3. The number of unbranched alkanes of at least 4 members (excludes halogenated alkanes) is 10. The van der Waals surface area contributed by atoms with Crippen LogP contribution in [-0.4, -0.2) is 230 Å². The highest BCUT2D eigenvalue weighted by Crippen LogP contribution is 2.39. The Labute approximate surface area is 519 Å². The fourth-order valence-corrected chi connectivity index (χ4v) is 12.3. The van der Waals surface area contributed by atoms with E-state index in [1.54, 1.807) is 20.8 Å². The number of carbonyl (C=O) groups is 3. The summed E-state index contributed by atoms with van der Waals surface area (Å²) < 4.78 is 82.1. The minimum atomic E-state index is -2.01. The number of carbonyl (C=O) groups excluding carboxylic acids is 3. The third kappa shape index (κ3) is 20.8. The SMILES string of the molecule is CCCCCCCCCCCC(=O)OC1C(OC2C(C)OC3OC4C(OC(CCCCC)CCCCCCCCCC(=O)OC3C2O)OC(C)C(O)C4O)OC(C)C(OC2OC(C)C(OC(=O)C(C)CC)C(O)C2O)C1OC1OC(CO)C(O)C(O)C1O. The molecule has 6 aliphatic rings. The van der Waals surface area contributed by atoms with Gasteiger partial charge in [-0.25, -0.2) is 0 Å². The van der Waals surface area contributed by atoms with Crippen LogP contribution in [-0.2, 0) is 76.0 Å². The molecule has 0 radical (unpaired) electrons. The molecule has 0 aromatic carbocycles. The molecule has 0 amide bonds. The van der Waals surface area contributed by atoms with Crippen molar-refractivity contribution < 1.29 is 122 Å². The number of esters is 3. The zero-order chi connectivity index (χ0) is 64.2. The molecule has 6 heterocycles. The second-order valence-corrected chi connectivity index (χ2v) is 25.4. The molecule has 6 aliphatic heterocycles. The van der Waals surface area contributed by atoms with Gasteiger partial charge in [0.1, 0.15) is 79.4 Å². The number of aliphatic hydroxyl groups is 9. The largest absolute Gasteiger partial charge is 0.457 e. The normalized spacial score (nSPS) is 41.3. The van der Waals surface area contributed by atoms with E-state index >= 15 is 0 Å². The molecule has 25 nitrogen and oxygen atoms in total. The minimum Gasteiger partial charge on any atom is -0.457 e. The lowest BCUT2D eigenvalue weighted by atomic mass is 9.95. The quantitative estimate of drug-likeness (QED) is 0.0349. The number of ether oxygens (including phenoxy) is 13. The summed E-state index contributed by atoms with van der Waals surface area (Å²) in [6.45, 7) is 13.0. The first-order valence-electron chi connectivity index (χ1n) is 33.3. The maximum atomic E-state index is 14.3. The first-order chi connectivity index (χ1) is 42.1. The zero-order valence-corrected chi connectivity index (χ0v) is 53.3. The Morgan fingerprint density at radius 2 is 1.03 bits per heavy atom. The highest BCUT2D eigenvalue weighted by atomic mass is 16.8. The van der Waals surface area contributed by atoms with Crippen molar-refractivity contribution in [3.8, 4) is 0 Å². The highest BCUT2D eigenvalue weighted by Gasteiger charge is 2.59. The van der Waals surface area contributed by atoms with Crippen molar-refractivity contribution in [3.05, 3.63) is 0 Å². The van der Waals surface area contributed by atoms with Gasteiger partial charge in [-0.05, 0) is 59.8 Å². The molecule has 512 valence electrons. The molecule has 0 aliphatic carbocycles.